The topological polar surface area (TPSA) is 57.6 Å². The molecule has 0 spiro atoms. The molecule has 0 amide bonds. The second kappa shape index (κ2) is 5.84. The van der Waals surface area contributed by atoms with Gasteiger partial charge in [0.05, 0.1) is 11.0 Å². The smallest absolute Gasteiger partial charge is 0.243 e. The van der Waals surface area contributed by atoms with Crippen LogP contribution in [0.25, 0.3) is 0 Å². The van der Waals surface area contributed by atoms with E-state index >= 15 is 0 Å². The average Bonchev–Trinajstić information content (AvgIpc) is 2.40. The number of rotatable bonds is 3. The number of aliphatic hydroxyl groups excluding tert-OH is 1. The van der Waals surface area contributed by atoms with Crippen LogP contribution in [-0.2, 0) is 10.0 Å². The van der Waals surface area contributed by atoms with E-state index in [0.717, 1.165) is 17.5 Å². The van der Waals surface area contributed by atoms with Crippen LogP contribution in [0, 0.1) is 13.8 Å². The molecule has 1 heterocycles. The SMILES string of the molecule is CC[C@H]1C[C@@H](O)CCN1S(=O)(=O)c1cc(C)ccc1C. The molecule has 1 fully saturated rings. The van der Waals surface area contributed by atoms with Crippen LogP contribution in [0.2, 0.25) is 0 Å². The Hall–Kier alpha value is -0.910. The summed E-state index contributed by atoms with van der Waals surface area (Å²) >= 11 is 0. The normalized spacial score (nSPS) is 24.8. The second-order valence-corrected chi connectivity index (χ2v) is 7.48. The van der Waals surface area contributed by atoms with Gasteiger partial charge in [-0.15, -0.1) is 0 Å². The zero-order valence-corrected chi connectivity index (χ0v) is 13.2. The Morgan fingerprint density at radius 2 is 2.05 bits per heavy atom. The molecule has 5 heteroatoms. The Morgan fingerprint density at radius 3 is 2.70 bits per heavy atom. The number of hydrogen-bond acceptors (Lipinski definition) is 3. The summed E-state index contributed by atoms with van der Waals surface area (Å²) in [7, 11) is -3.48. The third-order valence-corrected chi connectivity index (χ3v) is 6.13. The van der Waals surface area contributed by atoms with E-state index in [1.165, 1.54) is 0 Å². The van der Waals surface area contributed by atoms with Crippen molar-refractivity contribution >= 4 is 10.0 Å². The maximum Gasteiger partial charge on any atom is 0.243 e. The Labute approximate surface area is 121 Å². The molecule has 2 atom stereocenters. The molecule has 20 heavy (non-hydrogen) atoms. The van der Waals surface area contributed by atoms with Gasteiger partial charge in [0.15, 0.2) is 0 Å². The molecular weight excluding hydrogens is 274 g/mol. The van der Waals surface area contributed by atoms with E-state index in [0.29, 0.717) is 24.3 Å². The summed E-state index contributed by atoms with van der Waals surface area (Å²) in [6.45, 7) is 6.09. The monoisotopic (exact) mass is 297 g/mol. The third-order valence-electron chi connectivity index (χ3n) is 4.04. The number of aliphatic hydroxyl groups is 1. The van der Waals surface area contributed by atoms with E-state index in [1.807, 2.05) is 32.9 Å². The van der Waals surface area contributed by atoms with Crippen LogP contribution < -0.4 is 0 Å². The molecule has 1 N–H and O–H groups in total. The highest BCUT2D eigenvalue weighted by molar-refractivity contribution is 7.89. The Morgan fingerprint density at radius 1 is 1.35 bits per heavy atom. The lowest BCUT2D eigenvalue weighted by Gasteiger charge is -2.36. The third kappa shape index (κ3) is 2.90. The molecule has 1 aliphatic rings. The maximum atomic E-state index is 12.9. The summed E-state index contributed by atoms with van der Waals surface area (Å²) in [5, 5.41) is 9.74. The van der Waals surface area contributed by atoms with E-state index in [-0.39, 0.29) is 12.1 Å². The molecule has 1 aromatic rings. The lowest BCUT2D eigenvalue weighted by atomic mass is 10.0. The Balaban J connectivity index is 2.41. The molecule has 1 saturated heterocycles. The van der Waals surface area contributed by atoms with Crippen molar-refractivity contribution in [2.24, 2.45) is 0 Å². The predicted molar refractivity (Wildman–Crippen MR) is 79.1 cm³/mol. The number of hydrogen-bond donors (Lipinski definition) is 1. The van der Waals surface area contributed by atoms with Crippen LogP contribution in [0.5, 0.6) is 0 Å². The molecule has 0 bridgehead atoms. The van der Waals surface area contributed by atoms with Crippen molar-refractivity contribution in [2.45, 2.75) is 57.1 Å². The van der Waals surface area contributed by atoms with E-state index in [4.69, 9.17) is 0 Å². The minimum Gasteiger partial charge on any atom is -0.393 e. The summed E-state index contributed by atoms with van der Waals surface area (Å²) in [6.07, 6.45) is 1.38. The van der Waals surface area contributed by atoms with Crippen LogP contribution in [0.3, 0.4) is 0 Å². The second-order valence-electron chi connectivity index (χ2n) is 5.62. The number of aryl methyl sites for hydroxylation is 2. The van der Waals surface area contributed by atoms with Crippen molar-refractivity contribution in [1.29, 1.82) is 0 Å². The van der Waals surface area contributed by atoms with E-state index in [1.54, 1.807) is 10.4 Å². The van der Waals surface area contributed by atoms with Gasteiger partial charge >= 0.3 is 0 Å². The van der Waals surface area contributed by atoms with E-state index in [2.05, 4.69) is 0 Å². The van der Waals surface area contributed by atoms with Crippen LogP contribution in [-0.4, -0.2) is 36.5 Å². The zero-order chi connectivity index (χ0) is 14.9. The van der Waals surface area contributed by atoms with Gasteiger partial charge in [-0.25, -0.2) is 8.42 Å². The van der Waals surface area contributed by atoms with Gasteiger partial charge in [0.25, 0.3) is 0 Å². The molecule has 4 nitrogen and oxygen atoms in total. The van der Waals surface area contributed by atoms with Gasteiger partial charge in [0.1, 0.15) is 0 Å². The number of nitrogens with zero attached hydrogens (tertiary/aromatic N) is 1. The van der Waals surface area contributed by atoms with Crippen LogP contribution in [0.15, 0.2) is 23.1 Å². The molecular formula is C15H23NO3S. The van der Waals surface area contributed by atoms with Crippen LogP contribution in [0.4, 0.5) is 0 Å². The quantitative estimate of drug-likeness (QED) is 0.930. The van der Waals surface area contributed by atoms with Crippen LogP contribution in [0.1, 0.15) is 37.3 Å². The molecule has 1 aromatic carbocycles. The van der Waals surface area contributed by atoms with Crippen molar-refractivity contribution in [1.82, 2.24) is 4.31 Å². The van der Waals surface area contributed by atoms with Gasteiger partial charge in [-0.2, -0.15) is 4.31 Å². The first kappa shape index (κ1) is 15.5. The standard InChI is InChI=1S/C15H23NO3S/c1-4-13-10-14(17)7-8-16(13)20(18,19)15-9-11(2)5-6-12(15)3/h5-6,9,13-14,17H,4,7-8,10H2,1-3H3/t13-,14-/m0/s1. The number of sulfonamides is 1. The highest BCUT2D eigenvalue weighted by atomic mass is 32.2. The fourth-order valence-corrected chi connectivity index (χ4v) is 4.84. The first-order chi connectivity index (χ1) is 9.36. The lowest BCUT2D eigenvalue weighted by molar-refractivity contribution is 0.0797. The van der Waals surface area contributed by atoms with Crippen molar-refractivity contribution in [3.63, 3.8) is 0 Å². The minimum absolute atomic E-state index is 0.108. The predicted octanol–water partition coefficient (Wildman–Crippen LogP) is 2.23. The molecule has 0 aliphatic carbocycles. The highest BCUT2D eigenvalue weighted by Gasteiger charge is 2.36. The first-order valence-electron chi connectivity index (χ1n) is 7.13. The van der Waals surface area contributed by atoms with E-state index < -0.39 is 10.0 Å². The highest BCUT2D eigenvalue weighted by Crippen LogP contribution is 2.29. The van der Waals surface area contributed by atoms with Gasteiger partial charge in [0.2, 0.25) is 10.0 Å². The fraction of sp³-hybridized carbons (Fsp3) is 0.600. The molecule has 0 saturated carbocycles. The summed E-state index contributed by atoms with van der Waals surface area (Å²) in [5.74, 6) is 0. The minimum atomic E-state index is -3.48. The van der Waals surface area contributed by atoms with Crippen molar-refractivity contribution in [3.05, 3.63) is 29.3 Å². The molecule has 0 radical (unpaired) electrons. The van der Waals surface area contributed by atoms with Crippen molar-refractivity contribution < 1.29 is 13.5 Å². The van der Waals surface area contributed by atoms with Gasteiger partial charge in [-0.3, -0.25) is 0 Å². The fourth-order valence-electron chi connectivity index (χ4n) is 2.81. The summed E-state index contributed by atoms with van der Waals surface area (Å²) in [6, 6.07) is 5.40. The average molecular weight is 297 g/mol. The van der Waals surface area contributed by atoms with Gasteiger partial charge in [0, 0.05) is 12.6 Å². The summed E-state index contributed by atoms with van der Waals surface area (Å²) in [5.41, 5.74) is 1.72. The Kier molecular flexibility index (Phi) is 4.52. The molecule has 0 aromatic heterocycles. The largest absolute Gasteiger partial charge is 0.393 e. The Bertz CT molecular complexity index is 583. The maximum absolute atomic E-state index is 12.9. The van der Waals surface area contributed by atoms with Crippen LogP contribution >= 0.6 is 0 Å². The van der Waals surface area contributed by atoms with Gasteiger partial charge < -0.3 is 5.11 Å². The van der Waals surface area contributed by atoms with Gasteiger partial charge in [-0.1, -0.05) is 19.1 Å². The molecule has 0 unspecified atom stereocenters. The molecule has 112 valence electrons. The molecule has 2 rings (SSSR count). The summed E-state index contributed by atoms with van der Waals surface area (Å²) in [4.78, 5) is 0.396. The first-order valence-corrected chi connectivity index (χ1v) is 8.57. The summed E-state index contributed by atoms with van der Waals surface area (Å²) < 4.78 is 27.3. The zero-order valence-electron chi connectivity index (χ0n) is 12.3. The van der Waals surface area contributed by atoms with Crippen molar-refractivity contribution in [3.8, 4) is 0 Å². The van der Waals surface area contributed by atoms with Crippen molar-refractivity contribution in [2.75, 3.05) is 6.54 Å². The lowest BCUT2D eigenvalue weighted by Crippen LogP contribution is -2.47. The van der Waals surface area contributed by atoms with E-state index in [9.17, 15) is 13.5 Å². The number of piperidine rings is 1. The van der Waals surface area contributed by atoms with Gasteiger partial charge in [-0.05, 0) is 50.3 Å². The molecule has 1 aliphatic heterocycles. The number of benzene rings is 1.